The van der Waals surface area contributed by atoms with Crippen molar-refractivity contribution in [2.24, 2.45) is 0 Å². The van der Waals surface area contributed by atoms with E-state index in [1.807, 2.05) is 85.8 Å². The van der Waals surface area contributed by atoms with Crippen LogP contribution in [0.25, 0.3) is 22.2 Å². The number of pyridine rings is 1. The molecule has 2 aromatic heterocycles. The fourth-order valence-electron chi connectivity index (χ4n) is 6.71. The molecule has 3 aromatic carbocycles. The SMILES string of the molecule is C=CN(/C(=C(\C)c1ccccc1)c1c(C(=O)Nc2cccnc2N2CCC(NS(C)(=O)=O)CC2)[nH]c2cc(Cl)ccc12)C(C)c1ccc(Cl)cc1. The van der Waals surface area contributed by atoms with Gasteiger partial charge in [0, 0.05) is 51.8 Å². The minimum atomic E-state index is -3.31. The number of allylic oxidation sites excluding steroid dienone is 1. The predicted octanol–water partition coefficient (Wildman–Crippen LogP) is 8.73. The number of hydrogen-bond donors (Lipinski definition) is 3. The van der Waals surface area contributed by atoms with Gasteiger partial charge in [-0.3, -0.25) is 4.79 Å². The molecule has 51 heavy (non-hydrogen) atoms. The summed E-state index contributed by atoms with van der Waals surface area (Å²) in [5, 5.41) is 5.14. The highest BCUT2D eigenvalue weighted by Crippen LogP contribution is 2.41. The lowest BCUT2D eigenvalue weighted by Gasteiger charge is -2.34. The molecule has 1 aliphatic heterocycles. The molecular formula is C39H40Cl2N6O3S. The summed E-state index contributed by atoms with van der Waals surface area (Å²) in [6, 6.07) is 26.6. The first-order valence-corrected chi connectivity index (χ1v) is 19.3. The van der Waals surface area contributed by atoms with Gasteiger partial charge in [0.1, 0.15) is 5.69 Å². The maximum atomic E-state index is 14.6. The molecule has 6 rings (SSSR count). The summed E-state index contributed by atoms with van der Waals surface area (Å²) in [7, 11) is -3.31. The highest BCUT2D eigenvalue weighted by molar-refractivity contribution is 7.88. The minimum Gasteiger partial charge on any atom is -0.355 e. The van der Waals surface area contributed by atoms with Crippen molar-refractivity contribution in [1.82, 2.24) is 19.6 Å². The molecule has 0 aliphatic carbocycles. The molecule has 0 bridgehead atoms. The number of sulfonamides is 1. The van der Waals surface area contributed by atoms with Gasteiger partial charge in [-0.1, -0.05) is 78.3 Å². The van der Waals surface area contributed by atoms with Gasteiger partial charge < -0.3 is 20.1 Å². The van der Waals surface area contributed by atoms with Crippen LogP contribution in [0.15, 0.2) is 104 Å². The van der Waals surface area contributed by atoms with E-state index < -0.39 is 10.0 Å². The normalized spacial score (nSPS) is 15.0. The van der Waals surface area contributed by atoms with Crippen LogP contribution in [-0.2, 0) is 10.0 Å². The van der Waals surface area contributed by atoms with Gasteiger partial charge in [-0.15, -0.1) is 0 Å². The molecule has 12 heteroatoms. The van der Waals surface area contributed by atoms with E-state index in [0.717, 1.165) is 27.8 Å². The third-order valence-corrected chi connectivity index (χ3v) is 10.5. The Morgan fingerprint density at radius 2 is 1.71 bits per heavy atom. The Balaban J connectivity index is 1.45. The quantitative estimate of drug-likeness (QED) is 0.125. The first kappa shape index (κ1) is 36.2. The summed E-state index contributed by atoms with van der Waals surface area (Å²) in [4.78, 5) is 26.8. The van der Waals surface area contributed by atoms with Crippen molar-refractivity contribution in [2.45, 2.75) is 38.8 Å². The first-order chi connectivity index (χ1) is 24.4. The monoisotopic (exact) mass is 742 g/mol. The van der Waals surface area contributed by atoms with E-state index in [1.165, 1.54) is 6.26 Å². The smallest absolute Gasteiger partial charge is 0.272 e. The summed E-state index contributed by atoms with van der Waals surface area (Å²) >= 11 is 12.8. The minimum absolute atomic E-state index is 0.153. The van der Waals surface area contributed by atoms with E-state index in [9.17, 15) is 13.2 Å². The van der Waals surface area contributed by atoms with Crippen LogP contribution in [0.2, 0.25) is 10.0 Å². The fourth-order valence-corrected chi connectivity index (χ4v) is 7.85. The molecule has 1 amide bonds. The number of carbonyl (C=O) groups is 1. The number of H-pyrrole nitrogens is 1. The number of nitrogens with one attached hydrogen (secondary N) is 3. The number of nitrogens with zero attached hydrogens (tertiary/aromatic N) is 3. The number of halogens is 2. The molecule has 3 heterocycles. The Hall–Kier alpha value is -4.61. The lowest BCUT2D eigenvalue weighted by atomic mass is 9.95. The topological polar surface area (TPSA) is 110 Å². The Bertz CT molecular complexity index is 2200. The number of fused-ring (bicyclic) bond motifs is 1. The van der Waals surface area contributed by atoms with Crippen molar-refractivity contribution in [3.63, 3.8) is 0 Å². The van der Waals surface area contributed by atoms with Gasteiger partial charge in [-0.25, -0.2) is 18.1 Å². The molecule has 9 nitrogen and oxygen atoms in total. The molecule has 264 valence electrons. The van der Waals surface area contributed by atoms with Crippen LogP contribution in [-0.4, -0.2) is 54.6 Å². The maximum Gasteiger partial charge on any atom is 0.272 e. The standard InChI is InChI=1S/C39H40Cl2N6O3S/c1-5-47(26(3)28-13-15-29(40)16-14-28)37(25(2)27-10-7-6-8-11-27)35-32-18-17-30(41)24-34(32)43-36(35)39(48)44-33-12-9-21-42-38(33)46-22-19-31(20-23-46)45-51(4,49)50/h5-18,21,24,26,31,43,45H,1,19-20,22-23H2,2-4H3,(H,44,48)/b37-25+. The third-order valence-electron chi connectivity index (χ3n) is 9.22. The van der Waals surface area contributed by atoms with Crippen LogP contribution in [0, 0.1) is 0 Å². The van der Waals surface area contributed by atoms with Crippen molar-refractivity contribution in [3.8, 4) is 0 Å². The molecule has 1 unspecified atom stereocenters. The van der Waals surface area contributed by atoms with E-state index in [1.54, 1.807) is 18.5 Å². The van der Waals surface area contributed by atoms with Gasteiger partial charge in [-0.05, 0) is 86.0 Å². The zero-order valence-electron chi connectivity index (χ0n) is 28.7. The second kappa shape index (κ2) is 15.3. The molecule has 1 saturated heterocycles. The van der Waals surface area contributed by atoms with Gasteiger partial charge in [0.25, 0.3) is 5.91 Å². The number of piperidine rings is 1. The number of hydrogen-bond acceptors (Lipinski definition) is 6. The largest absolute Gasteiger partial charge is 0.355 e. The second-order valence-electron chi connectivity index (χ2n) is 12.7. The maximum absolute atomic E-state index is 14.6. The Morgan fingerprint density at radius 1 is 1.02 bits per heavy atom. The summed E-state index contributed by atoms with van der Waals surface area (Å²) in [6.07, 6.45) is 5.87. The number of rotatable bonds is 11. The van der Waals surface area contributed by atoms with Crippen LogP contribution >= 0.6 is 23.2 Å². The molecule has 5 aromatic rings. The lowest BCUT2D eigenvalue weighted by molar-refractivity contribution is 0.102. The van der Waals surface area contributed by atoms with Crippen LogP contribution in [0.3, 0.4) is 0 Å². The molecular weight excluding hydrogens is 703 g/mol. The molecule has 1 aliphatic rings. The van der Waals surface area contributed by atoms with Crippen molar-refractivity contribution in [2.75, 3.05) is 29.6 Å². The molecule has 1 fully saturated rings. The average molecular weight is 744 g/mol. The highest BCUT2D eigenvalue weighted by atomic mass is 35.5. The predicted molar refractivity (Wildman–Crippen MR) is 210 cm³/mol. The van der Waals surface area contributed by atoms with E-state index in [0.29, 0.717) is 64.3 Å². The van der Waals surface area contributed by atoms with Gasteiger partial charge in [-0.2, -0.15) is 0 Å². The van der Waals surface area contributed by atoms with Crippen molar-refractivity contribution >= 4 is 72.8 Å². The fraction of sp³-hybridized carbons (Fsp3) is 0.231. The van der Waals surface area contributed by atoms with Crippen molar-refractivity contribution < 1.29 is 13.2 Å². The van der Waals surface area contributed by atoms with Gasteiger partial charge in [0.05, 0.1) is 23.7 Å². The molecule has 0 radical (unpaired) electrons. The summed E-state index contributed by atoms with van der Waals surface area (Å²) in [5.41, 5.74) is 6.02. The Labute approximate surface area is 309 Å². The van der Waals surface area contributed by atoms with Gasteiger partial charge >= 0.3 is 0 Å². The molecule has 0 saturated carbocycles. The molecule has 3 N–H and O–H groups in total. The van der Waals surface area contributed by atoms with Crippen LogP contribution in [0.4, 0.5) is 11.5 Å². The van der Waals surface area contributed by atoms with E-state index in [2.05, 4.69) is 43.3 Å². The Kier molecular flexibility index (Phi) is 10.9. The van der Waals surface area contributed by atoms with E-state index in [4.69, 9.17) is 23.2 Å². The number of anilines is 2. The second-order valence-corrected chi connectivity index (χ2v) is 15.4. The zero-order chi connectivity index (χ0) is 36.3. The highest BCUT2D eigenvalue weighted by Gasteiger charge is 2.30. The van der Waals surface area contributed by atoms with Crippen LogP contribution in [0.5, 0.6) is 0 Å². The number of benzene rings is 3. The van der Waals surface area contributed by atoms with Crippen LogP contribution in [0.1, 0.15) is 59.9 Å². The number of amides is 1. The van der Waals surface area contributed by atoms with E-state index in [-0.39, 0.29) is 18.0 Å². The lowest BCUT2D eigenvalue weighted by Crippen LogP contribution is -2.44. The molecule has 1 atom stereocenters. The number of aromatic amines is 1. The Morgan fingerprint density at radius 3 is 2.37 bits per heavy atom. The number of carbonyl (C=O) groups excluding carboxylic acids is 1. The van der Waals surface area contributed by atoms with Gasteiger partial charge in [0.15, 0.2) is 5.82 Å². The average Bonchev–Trinajstić information content (AvgIpc) is 3.49. The van der Waals surface area contributed by atoms with Crippen molar-refractivity contribution in [3.05, 3.63) is 136 Å². The first-order valence-electron chi connectivity index (χ1n) is 16.7. The summed E-state index contributed by atoms with van der Waals surface area (Å²) in [5.74, 6) is 0.256. The van der Waals surface area contributed by atoms with Crippen LogP contribution < -0.4 is 14.9 Å². The molecule has 0 spiro atoms. The van der Waals surface area contributed by atoms with E-state index >= 15 is 0 Å². The summed E-state index contributed by atoms with van der Waals surface area (Å²) < 4.78 is 26.3. The number of aromatic nitrogens is 2. The third kappa shape index (κ3) is 8.15. The van der Waals surface area contributed by atoms with Gasteiger partial charge in [0.2, 0.25) is 10.0 Å². The summed E-state index contributed by atoms with van der Waals surface area (Å²) in [6.45, 7) is 9.52. The zero-order valence-corrected chi connectivity index (χ0v) is 31.0. The van der Waals surface area contributed by atoms with Crippen molar-refractivity contribution in [1.29, 1.82) is 0 Å².